The van der Waals surface area contributed by atoms with Crippen LogP contribution in [0.2, 0.25) is 5.02 Å². The Labute approximate surface area is 166 Å². The van der Waals surface area contributed by atoms with Gasteiger partial charge >= 0.3 is 5.97 Å². The van der Waals surface area contributed by atoms with Crippen molar-refractivity contribution in [2.24, 2.45) is 0 Å². The van der Waals surface area contributed by atoms with E-state index in [-0.39, 0.29) is 25.5 Å². The number of rotatable bonds is 7. The van der Waals surface area contributed by atoms with Crippen molar-refractivity contribution in [2.45, 2.75) is 13.0 Å². The third-order valence-electron chi connectivity index (χ3n) is 3.67. The molecule has 27 heavy (non-hydrogen) atoms. The molecule has 0 saturated heterocycles. The predicted molar refractivity (Wildman–Crippen MR) is 106 cm³/mol. The number of nitrogens with one attached hydrogen (secondary N) is 1. The van der Waals surface area contributed by atoms with Crippen molar-refractivity contribution in [1.82, 2.24) is 10.3 Å². The highest BCUT2D eigenvalue weighted by Crippen LogP contribution is 2.30. The zero-order valence-electron chi connectivity index (χ0n) is 14.4. The van der Waals surface area contributed by atoms with E-state index < -0.39 is 5.97 Å². The Morgan fingerprint density at radius 2 is 1.81 bits per heavy atom. The number of thiazole rings is 1. The smallest absolute Gasteiger partial charge is 0.325 e. The first kappa shape index (κ1) is 19.1. The number of halogens is 1. The van der Waals surface area contributed by atoms with Gasteiger partial charge in [-0.25, -0.2) is 4.98 Å². The maximum atomic E-state index is 12.0. The molecule has 0 fully saturated rings. The standard InChI is InChI=1S/C20H17ClN2O3S/c21-17-9-5-4-8-16(17)20-23-15(13-27-20)10-18(24)22-11-19(25)26-12-14-6-2-1-3-7-14/h1-9,13H,10-12H2,(H,22,24). The number of hydrogen-bond donors (Lipinski definition) is 1. The molecule has 1 heterocycles. The molecule has 0 aliphatic heterocycles. The topological polar surface area (TPSA) is 68.3 Å². The highest BCUT2D eigenvalue weighted by Gasteiger charge is 2.12. The van der Waals surface area contributed by atoms with E-state index >= 15 is 0 Å². The van der Waals surface area contributed by atoms with E-state index in [1.54, 1.807) is 6.07 Å². The predicted octanol–water partition coefficient (Wildman–Crippen LogP) is 3.87. The molecule has 5 nitrogen and oxygen atoms in total. The van der Waals surface area contributed by atoms with E-state index in [1.165, 1.54) is 11.3 Å². The molecule has 0 radical (unpaired) electrons. The van der Waals surface area contributed by atoms with E-state index in [1.807, 2.05) is 53.9 Å². The SMILES string of the molecule is O=C(Cc1csc(-c2ccccc2Cl)n1)NCC(=O)OCc1ccccc1. The Kier molecular flexibility index (Phi) is 6.57. The third-order valence-corrected chi connectivity index (χ3v) is 4.92. The molecule has 138 valence electrons. The minimum Gasteiger partial charge on any atom is -0.460 e. The minimum absolute atomic E-state index is 0.0902. The van der Waals surface area contributed by atoms with Crippen LogP contribution >= 0.6 is 22.9 Å². The van der Waals surface area contributed by atoms with Gasteiger partial charge in [-0.15, -0.1) is 11.3 Å². The summed E-state index contributed by atoms with van der Waals surface area (Å²) in [5, 5.41) is 5.73. The summed E-state index contributed by atoms with van der Waals surface area (Å²) in [5.74, 6) is -0.773. The van der Waals surface area contributed by atoms with Crippen molar-refractivity contribution in [3.8, 4) is 10.6 Å². The Hall–Kier alpha value is -2.70. The zero-order chi connectivity index (χ0) is 19.1. The maximum absolute atomic E-state index is 12.0. The highest BCUT2D eigenvalue weighted by molar-refractivity contribution is 7.13. The van der Waals surface area contributed by atoms with Crippen LogP contribution in [0.4, 0.5) is 0 Å². The summed E-state index contributed by atoms with van der Waals surface area (Å²) in [7, 11) is 0. The lowest BCUT2D eigenvalue weighted by atomic mass is 10.2. The fraction of sp³-hybridized carbons (Fsp3) is 0.150. The van der Waals surface area contributed by atoms with Crippen LogP contribution in [0.1, 0.15) is 11.3 Å². The Morgan fingerprint density at radius 1 is 1.07 bits per heavy atom. The number of benzene rings is 2. The van der Waals surface area contributed by atoms with Gasteiger partial charge in [0.1, 0.15) is 18.2 Å². The van der Waals surface area contributed by atoms with Gasteiger partial charge in [0.25, 0.3) is 0 Å². The molecule has 1 amide bonds. The first-order chi connectivity index (χ1) is 13.1. The molecule has 0 bridgehead atoms. The fourth-order valence-electron chi connectivity index (χ4n) is 2.33. The molecule has 0 aliphatic carbocycles. The van der Waals surface area contributed by atoms with E-state index in [0.717, 1.165) is 16.1 Å². The van der Waals surface area contributed by atoms with E-state index in [2.05, 4.69) is 10.3 Å². The van der Waals surface area contributed by atoms with Crippen LogP contribution in [-0.2, 0) is 27.4 Å². The fourth-order valence-corrected chi connectivity index (χ4v) is 3.47. The van der Waals surface area contributed by atoms with Crippen molar-refractivity contribution in [2.75, 3.05) is 6.54 Å². The minimum atomic E-state index is -0.484. The van der Waals surface area contributed by atoms with Crippen LogP contribution in [0.15, 0.2) is 60.0 Å². The average Bonchev–Trinajstić information content (AvgIpc) is 3.14. The zero-order valence-corrected chi connectivity index (χ0v) is 15.9. The first-order valence-electron chi connectivity index (χ1n) is 8.27. The summed E-state index contributed by atoms with van der Waals surface area (Å²) in [6.07, 6.45) is 0.0902. The Bertz CT molecular complexity index is 928. The molecular weight excluding hydrogens is 384 g/mol. The average molecular weight is 401 g/mol. The van der Waals surface area contributed by atoms with E-state index in [4.69, 9.17) is 16.3 Å². The molecule has 1 aromatic heterocycles. The van der Waals surface area contributed by atoms with Gasteiger partial charge in [-0.1, -0.05) is 60.1 Å². The van der Waals surface area contributed by atoms with Crippen molar-refractivity contribution in [1.29, 1.82) is 0 Å². The van der Waals surface area contributed by atoms with Crippen molar-refractivity contribution in [3.63, 3.8) is 0 Å². The van der Waals surface area contributed by atoms with E-state index in [0.29, 0.717) is 10.7 Å². The van der Waals surface area contributed by atoms with Crippen LogP contribution in [0.25, 0.3) is 10.6 Å². The second kappa shape index (κ2) is 9.30. The summed E-state index contributed by atoms with van der Waals surface area (Å²) in [4.78, 5) is 28.2. The van der Waals surface area contributed by atoms with Crippen molar-refractivity contribution >= 4 is 34.8 Å². The molecule has 0 atom stereocenters. The van der Waals surface area contributed by atoms with Gasteiger partial charge in [0.05, 0.1) is 17.1 Å². The van der Waals surface area contributed by atoms with Crippen LogP contribution in [0.3, 0.4) is 0 Å². The number of carbonyl (C=O) groups excluding carboxylic acids is 2. The lowest BCUT2D eigenvalue weighted by Gasteiger charge is -2.06. The second-order valence-corrected chi connectivity index (χ2v) is 6.99. The van der Waals surface area contributed by atoms with Gasteiger partial charge in [-0.05, 0) is 11.6 Å². The Morgan fingerprint density at radius 3 is 2.59 bits per heavy atom. The molecule has 1 N–H and O–H groups in total. The second-order valence-electron chi connectivity index (χ2n) is 5.72. The third kappa shape index (κ3) is 5.64. The molecule has 7 heteroatoms. The lowest BCUT2D eigenvalue weighted by Crippen LogP contribution is -2.31. The van der Waals surface area contributed by atoms with Crippen LogP contribution in [0, 0.1) is 0 Å². The van der Waals surface area contributed by atoms with Gasteiger partial charge in [-0.2, -0.15) is 0 Å². The summed E-state index contributed by atoms with van der Waals surface area (Å²) < 4.78 is 5.12. The van der Waals surface area contributed by atoms with Gasteiger partial charge < -0.3 is 10.1 Å². The molecule has 0 unspecified atom stereocenters. The van der Waals surface area contributed by atoms with Gasteiger partial charge in [-0.3, -0.25) is 9.59 Å². The van der Waals surface area contributed by atoms with Gasteiger partial charge in [0.15, 0.2) is 0 Å². The number of carbonyl (C=O) groups is 2. The number of hydrogen-bond acceptors (Lipinski definition) is 5. The largest absolute Gasteiger partial charge is 0.460 e. The summed E-state index contributed by atoms with van der Waals surface area (Å²) in [5.41, 5.74) is 2.36. The molecular formula is C20H17ClN2O3S. The number of amides is 1. The van der Waals surface area contributed by atoms with E-state index in [9.17, 15) is 9.59 Å². The normalized spacial score (nSPS) is 10.4. The molecule has 3 rings (SSSR count). The summed E-state index contributed by atoms with van der Waals surface area (Å²) in [6.45, 7) is 0.00992. The molecule has 0 aliphatic rings. The maximum Gasteiger partial charge on any atom is 0.325 e. The quantitative estimate of drug-likeness (QED) is 0.611. The van der Waals surface area contributed by atoms with Crippen molar-refractivity contribution in [3.05, 3.63) is 76.3 Å². The number of nitrogens with zero attached hydrogens (tertiary/aromatic N) is 1. The van der Waals surface area contributed by atoms with Gasteiger partial charge in [0.2, 0.25) is 5.91 Å². The molecule has 0 spiro atoms. The highest BCUT2D eigenvalue weighted by atomic mass is 35.5. The van der Waals surface area contributed by atoms with Crippen LogP contribution < -0.4 is 5.32 Å². The molecule has 3 aromatic rings. The first-order valence-corrected chi connectivity index (χ1v) is 9.53. The number of aromatic nitrogens is 1. The molecule has 0 saturated carbocycles. The van der Waals surface area contributed by atoms with Crippen molar-refractivity contribution < 1.29 is 14.3 Å². The Balaban J connectivity index is 1.46. The van der Waals surface area contributed by atoms with Crippen LogP contribution in [-0.4, -0.2) is 23.4 Å². The number of esters is 1. The lowest BCUT2D eigenvalue weighted by molar-refractivity contribution is -0.145. The van der Waals surface area contributed by atoms with Crippen LogP contribution in [0.5, 0.6) is 0 Å². The monoisotopic (exact) mass is 400 g/mol. The van der Waals surface area contributed by atoms with Gasteiger partial charge in [0, 0.05) is 10.9 Å². The molecule has 2 aromatic carbocycles. The summed E-state index contributed by atoms with van der Waals surface area (Å²) in [6, 6.07) is 16.8. The summed E-state index contributed by atoms with van der Waals surface area (Å²) >= 11 is 7.59. The number of ether oxygens (including phenoxy) is 1.